The molecule has 0 bridgehead atoms. The minimum absolute atomic E-state index is 0.144. The van der Waals surface area contributed by atoms with Crippen molar-refractivity contribution < 1.29 is 14.3 Å². The first-order valence-electron chi connectivity index (χ1n) is 9.36. The van der Waals surface area contributed by atoms with E-state index < -0.39 is 0 Å². The van der Waals surface area contributed by atoms with Crippen molar-refractivity contribution in [1.29, 1.82) is 0 Å². The Labute approximate surface area is 169 Å². The molecular formula is C22H24N2O3S. The lowest BCUT2D eigenvalue weighted by Crippen LogP contribution is -2.19. The Hall–Kier alpha value is -2.73. The summed E-state index contributed by atoms with van der Waals surface area (Å²) < 4.78 is 11.2. The number of ether oxygens (including phenoxy) is 2. The fraction of sp³-hybridized carbons (Fsp3) is 0.273. The average Bonchev–Trinajstić information content (AvgIpc) is 3.04. The second-order valence-electron chi connectivity index (χ2n) is 6.31. The van der Waals surface area contributed by atoms with Crippen LogP contribution in [0.2, 0.25) is 0 Å². The number of amidine groups is 1. The highest BCUT2D eigenvalue weighted by atomic mass is 32.2. The van der Waals surface area contributed by atoms with E-state index in [1.807, 2.05) is 68.5 Å². The highest BCUT2D eigenvalue weighted by Crippen LogP contribution is 2.29. The molecule has 0 radical (unpaired) electrons. The molecule has 3 rings (SSSR count). The number of benzene rings is 2. The number of hydrogen-bond donors (Lipinski definition) is 1. The Morgan fingerprint density at radius 1 is 1.07 bits per heavy atom. The molecule has 28 heavy (non-hydrogen) atoms. The first-order valence-corrected chi connectivity index (χ1v) is 10.2. The van der Waals surface area contributed by atoms with Crippen molar-refractivity contribution in [1.82, 2.24) is 5.32 Å². The molecule has 2 aromatic carbocycles. The van der Waals surface area contributed by atoms with Gasteiger partial charge in [0.25, 0.3) is 5.91 Å². The van der Waals surface area contributed by atoms with E-state index in [0.29, 0.717) is 16.7 Å². The minimum atomic E-state index is -0.144. The van der Waals surface area contributed by atoms with Crippen LogP contribution in [0.3, 0.4) is 0 Å². The molecule has 1 N–H and O–H groups in total. The normalized spacial score (nSPS) is 17.6. The molecule has 0 unspecified atom stereocenters. The SMILES string of the molecule is CCOc1ccc(N=C2NC(=O)/C(=C\c3ccc(O[C@H](C)CC)cc3)S2)cc1. The molecule has 2 aromatic rings. The van der Waals surface area contributed by atoms with Crippen LogP contribution in [-0.2, 0) is 4.79 Å². The topological polar surface area (TPSA) is 59.9 Å². The van der Waals surface area contributed by atoms with E-state index >= 15 is 0 Å². The number of carbonyl (C=O) groups excluding carboxylic acids is 1. The van der Waals surface area contributed by atoms with Gasteiger partial charge in [-0.2, -0.15) is 0 Å². The van der Waals surface area contributed by atoms with Gasteiger partial charge in [0.2, 0.25) is 0 Å². The average molecular weight is 397 g/mol. The van der Waals surface area contributed by atoms with E-state index in [1.54, 1.807) is 0 Å². The molecule has 0 aliphatic carbocycles. The predicted molar refractivity (Wildman–Crippen MR) is 115 cm³/mol. The summed E-state index contributed by atoms with van der Waals surface area (Å²) in [6.45, 7) is 6.70. The molecule has 0 saturated carbocycles. The van der Waals surface area contributed by atoms with Crippen LogP contribution in [0.4, 0.5) is 5.69 Å². The maximum atomic E-state index is 12.2. The Balaban J connectivity index is 1.68. The number of nitrogens with zero attached hydrogens (tertiary/aromatic N) is 1. The summed E-state index contributed by atoms with van der Waals surface area (Å²) in [7, 11) is 0. The van der Waals surface area contributed by atoms with Gasteiger partial charge in [-0.3, -0.25) is 4.79 Å². The maximum Gasteiger partial charge on any atom is 0.264 e. The summed E-state index contributed by atoms with van der Waals surface area (Å²) >= 11 is 1.33. The summed E-state index contributed by atoms with van der Waals surface area (Å²) in [5.41, 5.74) is 1.70. The highest BCUT2D eigenvalue weighted by molar-refractivity contribution is 8.18. The molecule has 5 nitrogen and oxygen atoms in total. The summed E-state index contributed by atoms with van der Waals surface area (Å²) in [5, 5.41) is 3.37. The Morgan fingerprint density at radius 3 is 2.39 bits per heavy atom. The lowest BCUT2D eigenvalue weighted by Gasteiger charge is -2.12. The van der Waals surface area contributed by atoms with Crippen LogP contribution in [0.15, 0.2) is 58.4 Å². The minimum Gasteiger partial charge on any atom is -0.494 e. The van der Waals surface area contributed by atoms with Gasteiger partial charge in [0.15, 0.2) is 5.17 Å². The summed E-state index contributed by atoms with van der Waals surface area (Å²) in [6, 6.07) is 15.2. The van der Waals surface area contributed by atoms with Crippen molar-refractivity contribution in [3.8, 4) is 11.5 Å². The Bertz CT molecular complexity index is 874. The van der Waals surface area contributed by atoms with Gasteiger partial charge in [0.05, 0.1) is 23.3 Å². The van der Waals surface area contributed by atoms with E-state index in [1.165, 1.54) is 11.8 Å². The third-order valence-electron chi connectivity index (χ3n) is 4.12. The zero-order valence-electron chi connectivity index (χ0n) is 16.3. The van der Waals surface area contributed by atoms with Gasteiger partial charge in [-0.15, -0.1) is 0 Å². The van der Waals surface area contributed by atoms with Crippen molar-refractivity contribution in [2.45, 2.75) is 33.3 Å². The molecule has 1 saturated heterocycles. The number of hydrogen-bond acceptors (Lipinski definition) is 5. The first-order chi connectivity index (χ1) is 13.6. The van der Waals surface area contributed by atoms with Crippen molar-refractivity contribution >= 4 is 34.6 Å². The molecule has 1 amide bonds. The van der Waals surface area contributed by atoms with Crippen molar-refractivity contribution in [3.63, 3.8) is 0 Å². The van der Waals surface area contributed by atoms with Crippen LogP contribution in [0.1, 0.15) is 32.8 Å². The smallest absolute Gasteiger partial charge is 0.264 e. The van der Waals surface area contributed by atoms with Gasteiger partial charge in [-0.1, -0.05) is 19.1 Å². The van der Waals surface area contributed by atoms with E-state index in [2.05, 4.69) is 17.2 Å². The van der Waals surface area contributed by atoms with Crippen LogP contribution in [0.25, 0.3) is 6.08 Å². The fourth-order valence-electron chi connectivity index (χ4n) is 2.49. The third-order valence-corrected chi connectivity index (χ3v) is 5.03. The van der Waals surface area contributed by atoms with Crippen molar-refractivity contribution in [2.24, 2.45) is 4.99 Å². The number of aliphatic imine (C=N–C) groups is 1. The molecule has 1 aliphatic rings. The third kappa shape index (κ3) is 5.39. The predicted octanol–water partition coefficient (Wildman–Crippen LogP) is 5.15. The number of carbonyl (C=O) groups is 1. The van der Waals surface area contributed by atoms with E-state index in [0.717, 1.165) is 29.2 Å². The lowest BCUT2D eigenvalue weighted by atomic mass is 10.2. The second-order valence-corrected chi connectivity index (χ2v) is 7.35. The van der Waals surface area contributed by atoms with Crippen LogP contribution >= 0.6 is 11.8 Å². The summed E-state index contributed by atoms with van der Waals surface area (Å²) in [4.78, 5) is 17.3. The number of rotatable bonds is 7. The molecule has 6 heteroatoms. The largest absolute Gasteiger partial charge is 0.494 e. The van der Waals surface area contributed by atoms with Gasteiger partial charge in [0, 0.05) is 0 Å². The van der Waals surface area contributed by atoms with Crippen LogP contribution in [0, 0.1) is 0 Å². The Morgan fingerprint density at radius 2 is 1.75 bits per heavy atom. The second kappa shape index (κ2) is 9.46. The lowest BCUT2D eigenvalue weighted by molar-refractivity contribution is -0.115. The summed E-state index contributed by atoms with van der Waals surface area (Å²) in [5.74, 6) is 1.49. The molecule has 146 valence electrons. The van der Waals surface area contributed by atoms with Crippen LogP contribution in [0.5, 0.6) is 11.5 Å². The fourth-order valence-corrected chi connectivity index (χ4v) is 3.33. The van der Waals surface area contributed by atoms with Gasteiger partial charge in [0.1, 0.15) is 11.5 Å². The molecular weight excluding hydrogens is 372 g/mol. The van der Waals surface area contributed by atoms with E-state index in [9.17, 15) is 4.79 Å². The zero-order valence-corrected chi connectivity index (χ0v) is 17.1. The quantitative estimate of drug-likeness (QED) is 0.657. The van der Waals surface area contributed by atoms with E-state index in [-0.39, 0.29) is 12.0 Å². The van der Waals surface area contributed by atoms with Crippen molar-refractivity contribution in [3.05, 3.63) is 59.0 Å². The number of amides is 1. The van der Waals surface area contributed by atoms with Gasteiger partial charge in [-0.25, -0.2) is 4.99 Å². The zero-order chi connectivity index (χ0) is 19.9. The number of nitrogens with one attached hydrogen (secondary N) is 1. The van der Waals surface area contributed by atoms with Gasteiger partial charge in [-0.05, 0) is 80.1 Å². The molecule has 1 fully saturated rings. The monoisotopic (exact) mass is 396 g/mol. The molecule has 1 atom stereocenters. The molecule has 0 aromatic heterocycles. The van der Waals surface area contributed by atoms with Gasteiger partial charge >= 0.3 is 0 Å². The van der Waals surface area contributed by atoms with Crippen molar-refractivity contribution in [2.75, 3.05) is 6.61 Å². The van der Waals surface area contributed by atoms with E-state index in [4.69, 9.17) is 9.47 Å². The Kier molecular flexibility index (Phi) is 6.76. The summed E-state index contributed by atoms with van der Waals surface area (Å²) in [6.07, 6.45) is 2.99. The molecule has 1 heterocycles. The van der Waals surface area contributed by atoms with Crippen LogP contribution in [-0.4, -0.2) is 23.8 Å². The molecule has 0 spiro atoms. The van der Waals surface area contributed by atoms with Crippen LogP contribution < -0.4 is 14.8 Å². The molecule has 1 aliphatic heterocycles. The highest BCUT2D eigenvalue weighted by Gasteiger charge is 2.23. The first kappa shape index (κ1) is 20.0. The van der Waals surface area contributed by atoms with Gasteiger partial charge < -0.3 is 14.8 Å². The standard InChI is InChI=1S/C22H24N2O3S/c1-4-15(3)27-19-10-6-16(7-11-19)14-20-21(25)24-22(28-20)23-17-8-12-18(13-9-17)26-5-2/h6-15H,4-5H2,1-3H3,(H,23,24,25)/b20-14+/t15-/m1/s1. The maximum absolute atomic E-state index is 12.2. The number of thioether (sulfide) groups is 1.